The van der Waals surface area contributed by atoms with Crippen molar-refractivity contribution in [2.75, 3.05) is 33.3 Å². The van der Waals surface area contributed by atoms with Crippen LogP contribution in [0.4, 0.5) is 0 Å². The van der Waals surface area contributed by atoms with E-state index in [1.165, 1.54) is 0 Å². The first-order valence-corrected chi connectivity index (χ1v) is 7.85. The normalized spacial score (nSPS) is 17.1. The third-order valence-electron chi connectivity index (χ3n) is 3.30. The summed E-state index contributed by atoms with van der Waals surface area (Å²) in [5, 5.41) is 3.20. The molecule has 0 atom stereocenters. The Morgan fingerprint density at radius 1 is 1.25 bits per heavy atom. The molecule has 5 nitrogen and oxygen atoms in total. The number of hydrogen-bond acceptors (Lipinski definition) is 4. The van der Waals surface area contributed by atoms with Crippen molar-refractivity contribution in [3.05, 3.63) is 23.8 Å². The first kappa shape index (κ1) is 17.2. The fourth-order valence-corrected chi connectivity index (χ4v) is 3.79. The van der Waals surface area contributed by atoms with Gasteiger partial charge in [-0.2, -0.15) is 4.31 Å². The largest absolute Gasteiger partial charge is 0.496 e. The molecule has 1 saturated heterocycles. The van der Waals surface area contributed by atoms with E-state index in [1.807, 2.05) is 6.92 Å². The summed E-state index contributed by atoms with van der Waals surface area (Å²) in [4.78, 5) is 0.340. The Morgan fingerprint density at radius 3 is 2.65 bits per heavy atom. The van der Waals surface area contributed by atoms with E-state index < -0.39 is 10.0 Å². The van der Waals surface area contributed by atoms with Crippen molar-refractivity contribution < 1.29 is 13.2 Å². The molecule has 20 heavy (non-hydrogen) atoms. The van der Waals surface area contributed by atoms with Gasteiger partial charge in [-0.05, 0) is 43.7 Å². The molecule has 0 spiro atoms. The molecule has 114 valence electrons. The highest BCUT2D eigenvalue weighted by Gasteiger charge is 2.25. The van der Waals surface area contributed by atoms with Crippen LogP contribution in [0.25, 0.3) is 0 Å². The molecule has 0 amide bonds. The van der Waals surface area contributed by atoms with Crippen molar-refractivity contribution in [2.24, 2.45) is 0 Å². The Bertz CT molecular complexity index is 541. The third-order valence-corrected chi connectivity index (χ3v) is 5.20. The number of methoxy groups -OCH3 is 1. The van der Waals surface area contributed by atoms with Gasteiger partial charge in [0.1, 0.15) is 5.75 Å². The second kappa shape index (κ2) is 7.26. The first-order valence-electron chi connectivity index (χ1n) is 6.41. The highest BCUT2D eigenvalue weighted by molar-refractivity contribution is 7.89. The number of sulfonamides is 1. The average Bonchev–Trinajstić information content (AvgIpc) is 2.67. The van der Waals surface area contributed by atoms with Gasteiger partial charge in [0, 0.05) is 19.6 Å². The highest BCUT2D eigenvalue weighted by atomic mass is 35.5. The SMILES string of the molecule is COc1ccc(S(=O)(=O)N2CCCNCC2)cc1C.Cl. The number of halogens is 1. The van der Waals surface area contributed by atoms with Crippen LogP contribution in [-0.2, 0) is 10.0 Å². The smallest absolute Gasteiger partial charge is 0.243 e. The minimum Gasteiger partial charge on any atom is -0.496 e. The Hall–Kier alpha value is -0.820. The molecule has 2 rings (SSSR count). The number of nitrogens with one attached hydrogen (secondary N) is 1. The summed E-state index contributed by atoms with van der Waals surface area (Å²) in [6.45, 7) is 4.51. The predicted molar refractivity (Wildman–Crippen MR) is 81.2 cm³/mol. The molecule has 0 aromatic heterocycles. The summed E-state index contributed by atoms with van der Waals surface area (Å²) >= 11 is 0. The quantitative estimate of drug-likeness (QED) is 0.915. The zero-order valence-electron chi connectivity index (χ0n) is 11.8. The van der Waals surface area contributed by atoms with Gasteiger partial charge >= 0.3 is 0 Å². The molecule has 7 heteroatoms. The van der Waals surface area contributed by atoms with E-state index >= 15 is 0 Å². The van der Waals surface area contributed by atoms with E-state index in [0.717, 1.165) is 18.5 Å². The van der Waals surface area contributed by atoms with Crippen molar-refractivity contribution in [3.8, 4) is 5.75 Å². The maximum atomic E-state index is 12.5. The van der Waals surface area contributed by atoms with Gasteiger partial charge in [-0.15, -0.1) is 12.4 Å². The molecule has 1 aromatic rings. The van der Waals surface area contributed by atoms with Crippen LogP contribution >= 0.6 is 12.4 Å². The van der Waals surface area contributed by atoms with Crippen LogP contribution in [0, 0.1) is 6.92 Å². The molecule has 1 N–H and O–H groups in total. The minimum absolute atomic E-state index is 0. The lowest BCUT2D eigenvalue weighted by Gasteiger charge is -2.20. The van der Waals surface area contributed by atoms with Crippen LogP contribution in [0.15, 0.2) is 23.1 Å². The molecule has 1 heterocycles. The van der Waals surface area contributed by atoms with E-state index in [-0.39, 0.29) is 12.4 Å². The highest BCUT2D eigenvalue weighted by Crippen LogP contribution is 2.23. The molecule has 0 radical (unpaired) electrons. The van der Waals surface area contributed by atoms with Crippen LogP contribution < -0.4 is 10.1 Å². The number of rotatable bonds is 3. The van der Waals surface area contributed by atoms with E-state index in [2.05, 4.69) is 5.32 Å². The summed E-state index contributed by atoms with van der Waals surface area (Å²) < 4.78 is 31.8. The first-order chi connectivity index (χ1) is 9.05. The fourth-order valence-electron chi connectivity index (χ4n) is 2.22. The van der Waals surface area contributed by atoms with E-state index in [4.69, 9.17) is 4.74 Å². The molecule has 1 aromatic carbocycles. The average molecular weight is 321 g/mol. The molecular weight excluding hydrogens is 300 g/mol. The van der Waals surface area contributed by atoms with E-state index in [1.54, 1.807) is 29.6 Å². The zero-order valence-corrected chi connectivity index (χ0v) is 13.4. The van der Waals surface area contributed by atoms with Gasteiger partial charge in [-0.3, -0.25) is 0 Å². The molecule has 1 aliphatic heterocycles. The maximum Gasteiger partial charge on any atom is 0.243 e. The third kappa shape index (κ3) is 3.63. The fraction of sp³-hybridized carbons (Fsp3) is 0.538. The molecular formula is C13H21ClN2O3S. The minimum atomic E-state index is -3.40. The van der Waals surface area contributed by atoms with Crippen molar-refractivity contribution in [3.63, 3.8) is 0 Å². The van der Waals surface area contributed by atoms with Crippen molar-refractivity contribution >= 4 is 22.4 Å². The Balaban J connectivity index is 0.00000200. The van der Waals surface area contributed by atoms with E-state index in [9.17, 15) is 8.42 Å². The van der Waals surface area contributed by atoms with Crippen LogP contribution in [0.2, 0.25) is 0 Å². The Kier molecular flexibility index (Phi) is 6.26. The molecule has 0 saturated carbocycles. The maximum absolute atomic E-state index is 12.5. The van der Waals surface area contributed by atoms with Gasteiger partial charge in [-0.25, -0.2) is 8.42 Å². The van der Waals surface area contributed by atoms with Crippen LogP contribution in [0.5, 0.6) is 5.75 Å². The second-order valence-electron chi connectivity index (χ2n) is 4.64. The lowest BCUT2D eigenvalue weighted by molar-refractivity contribution is 0.410. The lowest BCUT2D eigenvalue weighted by atomic mass is 10.2. The van der Waals surface area contributed by atoms with Gasteiger partial charge < -0.3 is 10.1 Å². The predicted octanol–water partition coefficient (Wildman–Crippen LogP) is 1.41. The Morgan fingerprint density at radius 2 is 2.00 bits per heavy atom. The van der Waals surface area contributed by atoms with Crippen molar-refractivity contribution in [2.45, 2.75) is 18.2 Å². The van der Waals surface area contributed by atoms with Gasteiger partial charge in [0.15, 0.2) is 0 Å². The van der Waals surface area contributed by atoms with Gasteiger partial charge in [-0.1, -0.05) is 0 Å². The lowest BCUT2D eigenvalue weighted by Crippen LogP contribution is -2.34. The van der Waals surface area contributed by atoms with Gasteiger partial charge in [0.25, 0.3) is 0 Å². The number of hydrogen-bond donors (Lipinski definition) is 1. The van der Waals surface area contributed by atoms with Gasteiger partial charge in [0.05, 0.1) is 12.0 Å². The second-order valence-corrected chi connectivity index (χ2v) is 6.58. The van der Waals surface area contributed by atoms with Crippen molar-refractivity contribution in [1.29, 1.82) is 0 Å². The van der Waals surface area contributed by atoms with Crippen LogP contribution in [0.3, 0.4) is 0 Å². The summed E-state index contributed by atoms with van der Waals surface area (Å²) in [6.07, 6.45) is 0.842. The van der Waals surface area contributed by atoms with Crippen LogP contribution in [0.1, 0.15) is 12.0 Å². The molecule has 1 fully saturated rings. The molecule has 0 bridgehead atoms. The van der Waals surface area contributed by atoms with Crippen molar-refractivity contribution in [1.82, 2.24) is 9.62 Å². The molecule has 0 aliphatic carbocycles. The number of nitrogens with zero attached hydrogens (tertiary/aromatic N) is 1. The number of aryl methyl sites for hydroxylation is 1. The standard InChI is InChI=1S/C13H20N2O3S.ClH/c1-11-10-12(4-5-13(11)18-2)19(16,17)15-8-3-6-14-7-9-15;/h4-5,10,14H,3,6-9H2,1-2H3;1H. The van der Waals surface area contributed by atoms with Gasteiger partial charge in [0.2, 0.25) is 10.0 Å². The summed E-state index contributed by atoms with van der Waals surface area (Å²) in [5.41, 5.74) is 0.830. The molecule has 1 aliphatic rings. The van der Waals surface area contributed by atoms with E-state index in [0.29, 0.717) is 30.3 Å². The van der Waals surface area contributed by atoms with Crippen LogP contribution in [-0.4, -0.2) is 46.0 Å². The number of ether oxygens (including phenoxy) is 1. The Labute approximate surface area is 126 Å². The molecule has 0 unspecified atom stereocenters. The summed E-state index contributed by atoms with van der Waals surface area (Å²) in [6, 6.07) is 4.99. The monoisotopic (exact) mass is 320 g/mol. The summed E-state index contributed by atoms with van der Waals surface area (Å²) in [7, 11) is -1.81. The summed E-state index contributed by atoms with van der Waals surface area (Å²) in [5.74, 6) is 0.705. The number of benzene rings is 1. The topological polar surface area (TPSA) is 58.6 Å². The zero-order chi connectivity index (χ0) is 13.9.